The maximum atomic E-state index is 12.6. The maximum absolute atomic E-state index is 12.6. The van der Waals surface area contributed by atoms with Crippen molar-refractivity contribution in [3.8, 4) is 0 Å². The fourth-order valence-electron chi connectivity index (χ4n) is 3.30. The van der Waals surface area contributed by atoms with Crippen LogP contribution in [0, 0.1) is 0 Å². The van der Waals surface area contributed by atoms with Gasteiger partial charge < -0.3 is 16.0 Å². The van der Waals surface area contributed by atoms with Gasteiger partial charge in [0.1, 0.15) is 0 Å². The minimum absolute atomic E-state index is 0.257. The lowest BCUT2D eigenvalue weighted by Crippen LogP contribution is -2.42. The number of piperidine rings is 1. The Morgan fingerprint density at radius 2 is 1.68 bits per heavy atom. The van der Waals surface area contributed by atoms with Gasteiger partial charge in [0, 0.05) is 37.1 Å². The maximum Gasteiger partial charge on any atom is 0.323 e. The van der Waals surface area contributed by atoms with Crippen molar-refractivity contribution in [3.05, 3.63) is 48.5 Å². The number of nitrogens with two attached hydrogens (primary N) is 1. The number of hydrogen-bond donors (Lipinski definition) is 2. The first-order chi connectivity index (χ1) is 13.5. The number of anilines is 4. The van der Waals surface area contributed by atoms with Crippen molar-refractivity contribution in [2.24, 2.45) is 0 Å². The summed E-state index contributed by atoms with van der Waals surface area (Å²) in [5.74, 6) is -2.41. The van der Waals surface area contributed by atoms with Crippen LogP contribution in [0.25, 0.3) is 0 Å². The largest absolute Gasteiger partial charge is 0.399 e. The Kier molecular flexibility index (Phi) is 5.93. The fourth-order valence-corrected chi connectivity index (χ4v) is 3.30. The van der Waals surface area contributed by atoms with Gasteiger partial charge >= 0.3 is 11.8 Å². The molecule has 1 heterocycles. The van der Waals surface area contributed by atoms with Crippen LogP contribution in [0.1, 0.15) is 26.2 Å². The summed E-state index contributed by atoms with van der Waals surface area (Å²) in [5.41, 5.74) is 7.96. The molecule has 146 valence electrons. The third-order valence-electron chi connectivity index (χ3n) is 4.69. The van der Waals surface area contributed by atoms with Crippen LogP contribution in [-0.4, -0.2) is 30.8 Å². The minimum atomic E-state index is -0.960. The van der Waals surface area contributed by atoms with Crippen molar-refractivity contribution < 1.29 is 14.4 Å². The summed E-state index contributed by atoms with van der Waals surface area (Å²) in [6, 6.07) is 13.6. The van der Waals surface area contributed by atoms with Gasteiger partial charge in [-0.05, 0) is 61.7 Å². The van der Waals surface area contributed by atoms with Crippen molar-refractivity contribution in [3.63, 3.8) is 0 Å². The molecule has 0 unspecified atom stereocenters. The standard InChI is InChI=1S/C21H24N4O3/c1-15(26)25(19-7-5-6-16(22)14-19)21(28)20(27)23-17-8-10-18(11-9-17)24-12-3-2-4-13-24/h5-11,14H,2-4,12-13,22H2,1H3,(H,23,27). The van der Waals surface area contributed by atoms with Gasteiger partial charge in [0.25, 0.3) is 0 Å². The Morgan fingerprint density at radius 1 is 1.00 bits per heavy atom. The van der Waals surface area contributed by atoms with E-state index in [9.17, 15) is 14.4 Å². The highest BCUT2D eigenvalue weighted by Gasteiger charge is 2.27. The van der Waals surface area contributed by atoms with Crippen LogP contribution < -0.4 is 20.9 Å². The quantitative estimate of drug-likeness (QED) is 0.631. The summed E-state index contributed by atoms with van der Waals surface area (Å²) in [4.78, 5) is 40.0. The molecule has 0 aromatic heterocycles. The number of carbonyl (C=O) groups is 3. The van der Waals surface area contributed by atoms with Gasteiger partial charge in [0.15, 0.2) is 0 Å². The average Bonchev–Trinajstić information content (AvgIpc) is 2.69. The van der Waals surface area contributed by atoms with E-state index in [1.807, 2.05) is 12.1 Å². The van der Waals surface area contributed by atoms with E-state index >= 15 is 0 Å². The predicted octanol–water partition coefficient (Wildman–Crippen LogP) is 2.78. The molecule has 2 aromatic carbocycles. The number of imide groups is 1. The minimum Gasteiger partial charge on any atom is -0.399 e. The molecule has 1 aliphatic rings. The number of benzene rings is 2. The summed E-state index contributed by atoms with van der Waals surface area (Å²) in [7, 11) is 0. The van der Waals surface area contributed by atoms with Crippen molar-refractivity contribution in [1.29, 1.82) is 0 Å². The van der Waals surface area contributed by atoms with E-state index in [4.69, 9.17) is 5.73 Å². The van der Waals surface area contributed by atoms with E-state index in [-0.39, 0.29) is 5.69 Å². The lowest BCUT2D eigenvalue weighted by Gasteiger charge is -2.28. The second kappa shape index (κ2) is 8.56. The van der Waals surface area contributed by atoms with E-state index in [1.165, 1.54) is 32.3 Å². The highest BCUT2D eigenvalue weighted by molar-refractivity contribution is 6.48. The van der Waals surface area contributed by atoms with E-state index < -0.39 is 17.7 Å². The molecule has 0 aliphatic carbocycles. The lowest BCUT2D eigenvalue weighted by atomic mass is 10.1. The van der Waals surface area contributed by atoms with E-state index in [0.29, 0.717) is 11.4 Å². The molecule has 3 rings (SSSR count). The highest BCUT2D eigenvalue weighted by Crippen LogP contribution is 2.22. The van der Waals surface area contributed by atoms with Gasteiger partial charge in [-0.15, -0.1) is 0 Å². The van der Waals surface area contributed by atoms with Crippen LogP contribution in [0.2, 0.25) is 0 Å². The van der Waals surface area contributed by atoms with E-state index in [1.54, 1.807) is 30.3 Å². The molecule has 1 saturated heterocycles. The van der Waals surface area contributed by atoms with Crippen molar-refractivity contribution in [2.45, 2.75) is 26.2 Å². The van der Waals surface area contributed by atoms with Crippen LogP contribution in [0.4, 0.5) is 22.7 Å². The van der Waals surface area contributed by atoms with Crippen LogP contribution in [-0.2, 0) is 14.4 Å². The predicted molar refractivity (Wildman–Crippen MR) is 110 cm³/mol. The molecule has 3 N–H and O–H groups in total. The van der Waals surface area contributed by atoms with Crippen LogP contribution in [0.3, 0.4) is 0 Å². The third-order valence-corrected chi connectivity index (χ3v) is 4.69. The molecular weight excluding hydrogens is 356 g/mol. The van der Waals surface area contributed by atoms with Gasteiger partial charge in [0.2, 0.25) is 5.91 Å². The molecule has 0 bridgehead atoms. The molecule has 3 amide bonds. The molecule has 0 saturated carbocycles. The normalized spacial score (nSPS) is 13.7. The van der Waals surface area contributed by atoms with Crippen molar-refractivity contribution in [1.82, 2.24) is 0 Å². The Morgan fingerprint density at radius 3 is 2.29 bits per heavy atom. The van der Waals surface area contributed by atoms with Gasteiger partial charge in [-0.2, -0.15) is 0 Å². The smallest absolute Gasteiger partial charge is 0.323 e. The summed E-state index contributed by atoms with van der Waals surface area (Å²) in [6.45, 7) is 3.28. The molecule has 1 fully saturated rings. The molecule has 28 heavy (non-hydrogen) atoms. The Labute approximate surface area is 164 Å². The topological polar surface area (TPSA) is 95.7 Å². The van der Waals surface area contributed by atoms with Crippen molar-refractivity contribution >= 4 is 40.5 Å². The molecule has 0 spiro atoms. The SMILES string of the molecule is CC(=O)N(C(=O)C(=O)Nc1ccc(N2CCCCC2)cc1)c1cccc(N)c1. The number of amides is 3. The number of nitrogens with one attached hydrogen (secondary N) is 1. The average molecular weight is 380 g/mol. The first-order valence-electron chi connectivity index (χ1n) is 9.32. The molecule has 1 aliphatic heterocycles. The van der Waals surface area contributed by atoms with Gasteiger partial charge in [-0.1, -0.05) is 6.07 Å². The first kappa shape index (κ1) is 19.4. The lowest BCUT2D eigenvalue weighted by molar-refractivity contribution is -0.136. The number of carbonyl (C=O) groups excluding carboxylic acids is 3. The molecule has 7 nitrogen and oxygen atoms in total. The zero-order valence-corrected chi connectivity index (χ0v) is 15.9. The number of nitrogen functional groups attached to an aromatic ring is 1. The molecule has 0 radical (unpaired) electrons. The zero-order valence-electron chi connectivity index (χ0n) is 15.9. The highest BCUT2D eigenvalue weighted by atomic mass is 16.2. The number of nitrogens with zero attached hydrogens (tertiary/aromatic N) is 2. The monoisotopic (exact) mass is 380 g/mol. The summed E-state index contributed by atoms with van der Waals surface area (Å²) in [5, 5.41) is 2.56. The second-order valence-electron chi connectivity index (χ2n) is 6.80. The van der Waals surface area contributed by atoms with Gasteiger partial charge in [0.05, 0.1) is 5.69 Å². The van der Waals surface area contributed by atoms with Crippen LogP contribution in [0.15, 0.2) is 48.5 Å². The summed E-state index contributed by atoms with van der Waals surface area (Å²) < 4.78 is 0. The Bertz CT molecular complexity index is 873. The Hall–Kier alpha value is -3.35. The molecule has 2 aromatic rings. The summed E-state index contributed by atoms with van der Waals surface area (Å²) >= 11 is 0. The van der Waals surface area contributed by atoms with Gasteiger partial charge in [-0.3, -0.25) is 14.4 Å². The molecular formula is C21H24N4O3. The molecule has 7 heteroatoms. The second-order valence-corrected chi connectivity index (χ2v) is 6.80. The van der Waals surface area contributed by atoms with E-state index in [2.05, 4.69) is 10.2 Å². The van der Waals surface area contributed by atoms with Crippen LogP contribution in [0.5, 0.6) is 0 Å². The van der Waals surface area contributed by atoms with E-state index in [0.717, 1.165) is 23.7 Å². The number of hydrogen-bond acceptors (Lipinski definition) is 5. The summed E-state index contributed by atoms with van der Waals surface area (Å²) in [6.07, 6.45) is 3.61. The first-order valence-corrected chi connectivity index (χ1v) is 9.32. The van der Waals surface area contributed by atoms with Crippen molar-refractivity contribution in [2.75, 3.05) is 33.9 Å². The number of rotatable bonds is 3. The Balaban J connectivity index is 1.70. The third kappa shape index (κ3) is 4.49. The fraction of sp³-hybridized carbons (Fsp3) is 0.286. The van der Waals surface area contributed by atoms with Crippen LogP contribution >= 0.6 is 0 Å². The van der Waals surface area contributed by atoms with Gasteiger partial charge in [-0.25, -0.2) is 4.90 Å². The zero-order chi connectivity index (χ0) is 20.1. The molecule has 0 atom stereocenters.